The monoisotopic (exact) mass is 1080 g/mol. The van der Waals surface area contributed by atoms with Gasteiger partial charge in [0, 0.05) is 19.3 Å². The smallest absolute Gasteiger partial charge is 0.302 e. The van der Waals surface area contributed by atoms with Crippen molar-refractivity contribution < 1.29 is 28.7 Å². The van der Waals surface area contributed by atoms with Gasteiger partial charge in [-0.15, -0.1) is 0 Å². The van der Waals surface area contributed by atoms with Crippen LogP contribution in [0.3, 0.4) is 0 Å². The SMILES string of the molecule is C=C(C=O)C/C=C(\C)CC/C=C(\C)CC.CC/C(C)=C/CC/C(C)=C/CC=COC.CC/C(C)=C/CC/C(C)=C/CCC(C)C=O.CC/C(C)=C/CC/C(C)=C/CCC(C)OC(C)=O.CC/C(C)=C/CC/C(C)=C/CCC=O. The van der Waals surface area contributed by atoms with Crippen LogP contribution in [-0.2, 0) is 28.7 Å². The maximum Gasteiger partial charge on any atom is 0.302 e. The fourth-order valence-corrected chi connectivity index (χ4v) is 6.70. The zero-order chi connectivity index (χ0) is 60.4. The molecule has 0 radical (unpaired) electrons. The highest BCUT2D eigenvalue weighted by Crippen LogP contribution is 2.15. The van der Waals surface area contributed by atoms with Crippen molar-refractivity contribution >= 4 is 24.8 Å². The fourth-order valence-electron chi connectivity index (χ4n) is 6.70. The number of esters is 1. The molecule has 0 spiro atoms. The Bertz CT molecular complexity index is 1900. The van der Waals surface area contributed by atoms with Gasteiger partial charge in [0.2, 0.25) is 0 Å². The second-order valence-electron chi connectivity index (χ2n) is 21.2. The Morgan fingerprint density at radius 1 is 0.436 bits per heavy atom. The van der Waals surface area contributed by atoms with Crippen LogP contribution in [0.4, 0.5) is 0 Å². The lowest BCUT2D eigenvalue weighted by molar-refractivity contribution is -0.145. The molecule has 0 fully saturated rings. The number of carbonyl (C=O) groups is 4. The van der Waals surface area contributed by atoms with Crippen LogP contribution in [0.2, 0.25) is 0 Å². The lowest BCUT2D eigenvalue weighted by Crippen LogP contribution is -2.11. The molecule has 0 rings (SSSR count). The van der Waals surface area contributed by atoms with Crippen LogP contribution in [0.1, 0.15) is 272 Å². The van der Waals surface area contributed by atoms with E-state index in [1.807, 2.05) is 19.9 Å². The molecule has 446 valence electrons. The highest BCUT2D eigenvalue weighted by Gasteiger charge is 2.04. The minimum atomic E-state index is -0.191. The normalized spacial score (nSPS) is 13.8. The third kappa shape index (κ3) is 69.2. The molecule has 0 aromatic rings. The largest absolute Gasteiger partial charge is 0.505 e. The molecule has 0 amide bonds. The lowest BCUT2D eigenvalue weighted by Gasteiger charge is -2.10. The number of methoxy groups -OCH3 is 1. The standard InChI is InChI=1S/C16H28O2.C15H26O.C14H24O.C14H22O.C13H22O/c1-6-13(2)9-7-10-14(3)11-8-12-15(4)18-16(5)17;1-5-13(2)8-6-9-14(3)10-7-11-15(4)12-16;1-5-13(2)10-8-11-14(3)9-6-7-12-15-4;1-5-12(2)7-6-8-13(3)9-10-14(4)11-15;1-4-12(2)9-7-10-13(3)8-5-6-11-14/h9,11,15H,6-8,10,12H2,1-5H3;8,10,12,15H,5-7,9,11H2,1-4H3;7,9-10,12H,5-6,8,11H2,1-4H3;7,9,11H,4-6,8,10H2,1-3H3;8-9,11H,4-7,10H2,1-3H3/b13-9+,14-11+;13-8+,14-10+;12-7?,13-10+,14-9+;12-7+,13-9+;12-9+,13-8+. The quantitative estimate of drug-likeness (QED) is 0.0154. The van der Waals surface area contributed by atoms with E-state index in [-0.39, 0.29) is 18.0 Å². The first-order valence-corrected chi connectivity index (χ1v) is 30.0. The Labute approximate surface area is 483 Å². The summed E-state index contributed by atoms with van der Waals surface area (Å²) in [6.07, 6.45) is 53.3. The van der Waals surface area contributed by atoms with Crippen LogP contribution < -0.4 is 0 Å². The van der Waals surface area contributed by atoms with Crippen molar-refractivity contribution in [3.63, 3.8) is 0 Å². The number of unbranched alkanes of at least 4 members (excludes halogenated alkanes) is 1. The van der Waals surface area contributed by atoms with E-state index < -0.39 is 0 Å². The molecule has 0 aromatic carbocycles. The maximum absolute atomic E-state index is 10.7. The van der Waals surface area contributed by atoms with Crippen LogP contribution in [0.25, 0.3) is 0 Å². The van der Waals surface area contributed by atoms with Crippen molar-refractivity contribution in [2.45, 2.75) is 278 Å². The van der Waals surface area contributed by atoms with Crippen LogP contribution in [0.5, 0.6) is 0 Å². The number of rotatable bonds is 37. The maximum atomic E-state index is 10.7. The molecule has 0 heterocycles. The van der Waals surface area contributed by atoms with Gasteiger partial charge in [0.15, 0.2) is 0 Å². The highest BCUT2D eigenvalue weighted by molar-refractivity contribution is 5.72. The predicted octanol–water partition coefficient (Wildman–Crippen LogP) is 22.4. The Morgan fingerprint density at radius 2 is 0.769 bits per heavy atom. The summed E-state index contributed by atoms with van der Waals surface area (Å²) in [4.78, 5) is 41.6. The molecule has 6 nitrogen and oxygen atoms in total. The van der Waals surface area contributed by atoms with Crippen molar-refractivity contribution in [2.24, 2.45) is 5.92 Å². The molecule has 0 bridgehead atoms. The van der Waals surface area contributed by atoms with Crippen molar-refractivity contribution in [1.82, 2.24) is 0 Å². The van der Waals surface area contributed by atoms with Gasteiger partial charge in [-0.3, -0.25) is 9.59 Å². The summed E-state index contributed by atoms with van der Waals surface area (Å²) in [7, 11) is 1.67. The second-order valence-corrected chi connectivity index (χ2v) is 21.2. The molecule has 0 N–H and O–H groups in total. The van der Waals surface area contributed by atoms with Crippen molar-refractivity contribution in [3.8, 4) is 0 Å². The van der Waals surface area contributed by atoms with E-state index in [0.717, 1.165) is 147 Å². The molecule has 0 aromatic heterocycles. The van der Waals surface area contributed by atoms with E-state index in [1.165, 1.54) is 69.1 Å². The summed E-state index contributed by atoms with van der Waals surface area (Å²) in [6, 6.07) is 0. The van der Waals surface area contributed by atoms with Gasteiger partial charge in [-0.05, 0) is 229 Å². The van der Waals surface area contributed by atoms with Crippen LogP contribution in [0, 0.1) is 5.92 Å². The zero-order valence-corrected chi connectivity index (χ0v) is 54.2. The predicted molar refractivity (Wildman–Crippen MR) is 346 cm³/mol. The number of allylic oxidation sites excluding steroid dienone is 22. The number of ether oxygens (including phenoxy) is 2. The van der Waals surface area contributed by atoms with Crippen LogP contribution >= 0.6 is 0 Å². The summed E-state index contributed by atoms with van der Waals surface area (Å²) in [5.74, 6) is 0.00895. The van der Waals surface area contributed by atoms with E-state index >= 15 is 0 Å². The number of hydrogen-bond acceptors (Lipinski definition) is 6. The summed E-state index contributed by atoms with van der Waals surface area (Å²) in [5.41, 5.74) is 15.0. The average Bonchev–Trinajstić information content (AvgIpc) is 3.41. The Kier molecular flexibility index (Phi) is 64.5. The van der Waals surface area contributed by atoms with Crippen molar-refractivity contribution in [1.29, 1.82) is 0 Å². The molecule has 0 aliphatic heterocycles. The van der Waals surface area contributed by atoms with E-state index in [1.54, 1.807) is 13.4 Å². The summed E-state index contributed by atoms with van der Waals surface area (Å²) in [6.45, 7) is 41.6. The van der Waals surface area contributed by atoms with E-state index in [4.69, 9.17) is 9.47 Å². The first kappa shape index (κ1) is 82.0. The molecule has 0 aliphatic carbocycles. The molecule has 0 saturated carbocycles. The van der Waals surface area contributed by atoms with Gasteiger partial charge in [-0.25, -0.2) is 0 Å². The third-order valence-corrected chi connectivity index (χ3v) is 13.2. The summed E-state index contributed by atoms with van der Waals surface area (Å²) in [5, 5.41) is 0. The Morgan fingerprint density at radius 3 is 1.09 bits per heavy atom. The van der Waals surface area contributed by atoms with Gasteiger partial charge in [0.25, 0.3) is 0 Å². The summed E-state index contributed by atoms with van der Waals surface area (Å²) >= 11 is 0. The first-order valence-electron chi connectivity index (χ1n) is 30.0. The Balaban J connectivity index is -0.000000285. The van der Waals surface area contributed by atoms with Crippen molar-refractivity contribution in [2.75, 3.05) is 7.11 Å². The van der Waals surface area contributed by atoms with Crippen LogP contribution in [-0.4, -0.2) is 38.0 Å². The van der Waals surface area contributed by atoms with E-state index in [0.29, 0.717) is 18.4 Å². The van der Waals surface area contributed by atoms with Gasteiger partial charge >= 0.3 is 5.97 Å². The third-order valence-electron chi connectivity index (χ3n) is 13.2. The molecule has 78 heavy (non-hydrogen) atoms. The highest BCUT2D eigenvalue weighted by atomic mass is 16.5. The minimum Gasteiger partial charge on any atom is -0.505 e. The van der Waals surface area contributed by atoms with Gasteiger partial charge in [0.05, 0.1) is 19.5 Å². The van der Waals surface area contributed by atoms with E-state index in [2.05, 4.69) is 171 Å². The van der Waals surface area contributed by atoms with Gasteiger partial charge < -0.3 is 19.1 Å². The van der Waals surface area contributed by atoms with Crippen molar-refractivity contribution in [3.05, 3.63) is 141 Å². The fraction of sp³-hybridized carbons (Fsp3) is 0.611. The summed E-state index contributed by atoms with van der Waals surface area (Å²) < 4.78 is 9.91. The molecular formula is C72H122O6. The molecule has 0 aliphatic rings. The lowest BCUT2D eigenvalue weighted by atomic mass is 10.0. The number of carbonyl (C=O) groups excluding carboxylic acids is 4. The number of aldehydes is 3. The van der Waals surface area contributed by atoms with Gasteiger partial charge in [-0.2, -0.15) is 0 Å². The molecule has 2 unspecified atom stereocenters. The Hall–Kier alpha value is -4.84. The van der Waals surface area contributed by atoms with E-state index in [9.17, 15) is 19.2 Å². The second kappa shape index (κ2) is 61.4. The first-order chi connectivity index (χ1) is 37.0. The topological polar surface area (TPSA) is 86.7 Å². The molecule has 2 atom stereocenters. The average molecular weight is 1080 g/mol. The molecular weight excluding hydrogens is 961 g/mol. The minimum absolute atomic E-state index is 0.0220. The molecule has 6 heteroatoms. The number of hydrogen-bond donors (Lipinski definition) is 0. The van der Waals surface area contributed by atoms with Crippen LogP contribution in [0.15, 0.2) is 141 Å². The van der Waals surface area contributed by atoms with Gasteiger partial charge in [0.1, 0.15) is 18.9 Å². The molecule has 0 saturated heterocycles. The zero-order valence-electron chi connectivity index (χ0n) is 54.2. The van der Waals surface area contributed by atoms with Gasteiger partial charge in [-0.1, -0.05) is 165 Å².